The summed E-state index contributed by atoms with van der Waals surface area (Å²) < 4.78 is 52.4. The van der Waals surface area contributed by atoms with Crippen LogP contribution in [0.5, 0.6) is 11.5 Å². The first-order valence-corrected chi connectivity index (χ1v) is 10.8. The third-order valence-corrected chi connectivity index (χ3v) is 5.60. The highest BCUT2D eigenvalue weighted by molar-refractivity contribution is 6.36. The fraction of sp³-hybridized carbons (Fsp3) is 0.208. The van der Waals surface area contributed by atoms with Crippen LogP contribution in [0.15, 0.2) is 54.6 Å². The molecule has 4 aromatic rings. The van der Waals surface area contributed by atoms with E-state index < -0.39 is 17.8 Å². The maximum Gasteiger partial charge on any atom is 0.433 e. The van der Waals surface area contributed by atoms with Crippen LogP contribution in [-0.4, -0.2) is 41.3 Å². The molecule has 0 aliphatic carbocycles. The highest BCUT2D eigenvalue weighted by atomic mass is 35.5. The van der Waals surface area contributed by atoms with Gasteiger partial charge in [0.25, 0.3) is 5.91 Å². The Morgan fingerprint density at radius 1 is 1.06 bits per heavy atom. The van der Waals surface area contributed by atoms with Crippen molar-refractivity contribution in [2.24, 2.45) is 0 Å². The second kappa shape index (κ2) is 9.83. The number of aromatic nitrogens is 3. The summed E-state index contributed by atoms with van der Waals surface area (Å²) in [6.45, 7) is 0.188. The predicted molar refractivity (Wildman–Crippen MR) is 124 cm³/mol. The van der Waals surface area contributed by atoms with Gasteiger partial charge in [-0.25, -0.2) is 9.50 Å². The topological polar surface area (TPSA) is 77.8 Å². The number of halogens is 4. The molecular formula is C24H20ClF3N4O3. The van der Waals surface area contributed by atoms with Crippen molar-refractivity contribution in [1.29, 1.82) is 0 Å². The smallest absolute Gasteiger partial charge is 0.433 e. The molecule has 35 heavy (non-hydrogen) atoms. The molecule has 2 aromatic heterocycles. The Bertz CT molecular complexity index is 1370. The largest absolute Gasteiger partial charge is 0.493 e. The summed E-state index contributed by atoms with van der Waals surface area (Å²) in [7, 11) is 3.04. The van der Waals surface area contributed by atoms with Crippen LogP contribution in [0.2, 0.25) is 5.02 Å². The van der Waals surface area contributed by atoms with Crippen molar-refractivity contribution in [2.75, 3.05) is 20.8 Å². The lowest BCUT2D eigenvalue weighted by molar-refractivity contribution is -0.142. The van der Waals surface area contributed by atoms with E-state index in [0.717, 1.165) is 11.6 Å². The zero-order valence-electron chi connectivity index (χ0n) is 18.7. The second-order valence-electron chi connectivity index (χ2n) is 7.48. The molecule has 1 amide bonds. The van der Waals surface area contributed by atoms with Gasteiger partial charge in [0, 0.05) is 12.1 Å². The third-order valence-electron chi connectivity index (χ3n) is 5.26. The van der Waals surface area contributed by atoms with E-state index in [1.807, 2.05) is 6.07 Å². The highest BCUT2D eigenvalue weighted by Gasteiger charge is 2.36. The number of ether oxygens (including phenoxy) is 2. The average molecular weight is 505 g/mol. The number of nitrogens with one attached hydrogen (secondary N) is 1. The van der Waals surface area contributed by atoms with Gasteiger partial charge >= 0.3 is 6.18 Å². The first kappa shape index (κ1) is 24.3. The second-order valence-corrected chi connectivity index (χ2v) is 7.86. The molecule has 0 aliphatic rings. The molecule has 182 valence electrons. The number of rotatable bonds is 7. The van der Waals surface area contributed by atoms with E-state index in [1.165, 1.54) is 14.2 Å². The number of benzene rings is 2. The van der Waals surface area contributed by atoms with Crippen LogP contribution >= 0.6 is 11.6 Å². The fourth-order valence-corrected chi connectivity index (χ4v) is 3.78. The van der Waals surface area contributed by atoms with Gasteiger partial charge in [0.15, 0.2) is 28.5 Å². The van der Waals surface area contributed by atoms with Crippen LogP contribution in [0.4, 0.5) is 13.2 Å². The van der Waals surface area contributed by atoms with Gasteiger partial charge < -0.3 is 14.8 Å². The molecule has 0 bridgehead atoms. The number of nitrogens with zero attached hydrogens (tertiary/aromatic N) is 3. The zero-order chi connectivity index (χ0) is 25.2. The number of fused-ring (bicyclic) bond motifs is 1. The molecule has 0 unspecified atom stereocenters. The molecule has 1 N–H and O–H groups in total. The number of amides is 1. The number of carbonyl (C=O) groups is 1. The lowest BCUT2D eigenvalue weighted by atomic mass is 10.1. The maximum absolute atomic E-state index is 13.8. The Morgan fingerprint density at radius 2 is 1.77 bits per heavy atom. The Labute approximate surface area is 203 Å². The molecule has 2 aromatic carbocycles. The summed E-state index contributed by atoms with van der Waals surface area (Å²) in [6.07, 6.45) is -4.32. The van der Waals surface area contributed by atoms with Gasteiger partial charge in [0.05, 0.1) is 19.9 Å². The molecule has 2 heterocycles. The number of carbonyl (C=O) groups excluding carboxylic acids is 1. The van der Waals surface area contributed by atoms with E-state index in [0.29, 0.717) is 28.0 Å². The van der Waals surface area contributed by atoms with Gasteiger partial charge in [-0.3, -0.25) is 4.79 Å². The van der Waals surface area contributed by atoms with Crippen LogP contribution in [0, 0.1) is 0 Å². The minimum absolute atomic E-state index is 0.0626. The van der Waals surface area contributed by atoms with Crippen molar-refractivity contribution < 1.29 is 27.4 Å². The number of alkyl halides is 3. The quantitative estimate of drug-likeness (QED) is 0.381. The molecule has 0 saturated carbocycles. The average Bonchev–Trinajstić information content (AvgIpc) is 3.19. The van der Waals surface area contributed by atoms with Gasteiger partial charge in [-0.05, 0) is 30.2 Å². The molecule has 4 rings (SSSR count). The molecule has 0 atom stereocenters. The minimum atomic E-state index is -4.75. The van der Waals surface area contributed by atoms with Crippen LogP contribution < -0.4 is 14.8 Å². The van der Waals surface area contributed by atoms with Gasteiger partial charge in [-0.2, -0.15) is 18.3 Å². The van der Waals surface area contributed by atoms with E-state index >= 15 is 0 Å². The van der Waals surface area contributed by atoms with E-state index in [9.17, 15) is 18.0 Å². The fourth-order valence-electron chi connectivity index (χ4n) is 3.54. The molecule has 0 spiro atoms. The van der Waals surface area contributed by atoms with Crippen LogP contribution in [-0.2, 0) is 12.6 Å². The SMILES string of the molecule is COc1ccc(CCNC(=O)c2nn3c(C(F)(F)F)cc(-c4ccccc4)nc3c2Cl)cc1OC. The monoisotopic (exact) mass is 504 g/mol. The van der Waals surface area contributed by atoms with Gasteiger partial charge in [0.2, 0.25) is 0 Å². The van der Waals surface area contributed by atoms with Crippen LogP contribution in [0.3, 0.4) is 0 Å². The number of hydrogen-bond donors (Lipinski definition) is 1. The van der Waals surface area contributed by atoms with Crippen molar-refractivity contribution >= 4 is 23.2 Å². The van der Waals surface area contributed by atoms with E-state index in [-0.39, 0.29) is 28.6 Å². The molecule has 0 saturated heterocycles. The summed E-state index contributed by atoms with van der Waals surface area (Å²) in [5.41, 5.74) is -0.302. The van der Waals surface area contributed by atoms with Crippen molar-refractivity contribution in [2.45, 2.75) is 12.6 Å². The highest BCUT2D eigenvalue weighted by Crippen LogP contribution is 2.34. The summed E-state index contributed by atoms with van der Waals surface area (Å²) in [4.78, 5) is 17.0. The first-order chi connectivity index (χ1) is 16.7. The zero-order valence-corrected chi connectivity index (χ0v) is 19.4. The van der Waals surface area contributed by atoms with Crippen LogP contribution in [0.1, 0.15) is 21.7 Å². The summed E-state index contributed by atoms with van der Waals surface area (Å²) in [5.74, 6) is 0.398. The van der Waals surface area contributed by atoms with Crippen molar-refractivity contribution in [1.82, 2.24) is 19.9 Å². The van der Waals surface area contributed by atoms with Gasteiger partial charge in [0.1, 0.15) is 5.02 Å². The molecule has 7 nitrogen and oxygen atoms in total. The maximum atomic E-state index is 13.8. The first-order valence-electron chi connectivity index (χ1n) is 10.4. The van der Waals surface area contributed by atoms with Gasteiger partial charge in [-0.15, -0.1) is 0 Å². The summed E-state index contributed by atoms with van der Waals surface area (Å²) in [5, 5.41) is 6.22. The Balaban J connectivity index is 1.61. The van der Waals surface area contributed by atoms with E-state index in [4.69, 9.17) is 21.1 Å². The molecule has 11 heteroatoms. The molecule has 0 radical (unpaired) electrons. The van der Waals surface area contributed by atoms with Crippen molar-refractivity contribution in [3.05, 3.63) is 76.6 Å². The van der Waals surface area contributed by atoms with Gasteiger partial charge in [-0.1, -0.05) is 48.0 Å². The standard InChI is InChI=1S/C24H20ClF3N4O3/c1-34-17-9-8-14(12-18(17)35-2)10-11-29-23(33)21-20(25)22-30-16(15-6-4-3-5-7-15)13-19(24(26,27)28)32(22)31-21/h3-9,12-13H,10-11H2,1-2H3,(H,29,33). The summed E-state index contributed by atoms with van der Waals surface area (Å²) in [6, 6.07) is 14.6. The summed E-state index contributed by atoms with van der Waals surface area (Å²) >= 11 is 6.30. The van der Waals surface area contributed by atoms with E-state index in [1.54, 1.807) is 42.5 Å². The molecule has 0 aliphatic heterocycles. The third kappa shape index (κ3) is 5.02. The normalized spacial score (nSPS) is 11.5. The Hall–Kier alpha value is -3.79. The van der Waals surface area contributed by atoms with Crippen LogP contribution in [0.25, 0.3) is 16.9 Å². The van der Waals surface area contributed by atoms with E-state index in [2.05, 4.69) is 15.4 Å². The Kier molecular flexibility index (Phi) is 6.83. The molecule has 0 fully saturated rings. The predicted octanol–water partition coefficient (Wildman–Crippen LogP) is 5.06. The number of hydrogen-bond acceptors (Lipinski definition) is 5. The number of methoxy groups -OCH3 is 2. The lowest BCUT2D eigenvalue weighted by Gasteiger charge is -2.11. The molecular weight excluding hydrogens is 485 g/mol. The minimum Gasteiger partial charge on any atom is -0.493 e. The van der Waals surface area contributed by atoms with Crippen molar-refractivity contribution in [3.63, 3.8) is 0 Å². The Morgan fingerprint density at radius 3 is 2.43 bits per heavy atom. The lowest BCUT2D eigenvalue weighted by Crippen LogP contribution is -2.26. The van der Waals surface area contributed by atoms with Crippen molar-refractivity contribution in [3.8, 4) is 22.8 Å².